The Bertz CT molecular complexity index is 266. The fraction of sp³-hybridized carbons (Fsp3) is 0.111. The van der Waals surface area contributed by atoms with Crippen molar-refractivity contribution < 1.29 is 0 Å². The van der Waals surface area contributed by atoms with Crippen molar-refractivity contribution in [3.63, 3.8) is 0 Å². The Hall–Kier alpha value is -1.44. The molecule has 0 saturated carbocycles. The van der Waals surface area contributed by atoms with E-state index < -0.39 is 0 Å². The molecule has 0 aliphatic carbocycles. The van der Waals surface area contributed by atoms with E-state index >= 15 is 0 Å². The standard InChI is InChI=1S/C9H12N2/c1-7-5-3-4-6-9(7)11-8(2)10/h3-6,11H,2,10H2,1H3. The quantitative estimate of drug-likeness (QED) is 0.671. The molecule has 0 atom stereocenters. The van der Waals surface area contributed by atoms with Gasteiger partial charge in [0.25, 0.3) is 0 Å². The number of nitrogens with two attached hydrogens (primary N) is 1. The minimum atomic E-state index is 0.472. The molecule has 0 spiro atoms. The minimum Gasteiger partial charge on any atom is -0.386 e. The normalized spacial score (nSPS) is 9.18. The lowest BCUT2D eigenvalue weighted by Gasteiger charge is -2.06. The number of hydrogen-bond acceptors (Lipinski definition) is 2. The average molecular weight is 148 g/mol. The van der Waals surface area contributed by atoms with Crippen LogP contribution in [0.1, 0.15) is 5.56 Å². The SMILES string of the molecule is C=C(N)Nc1ccccc1C. The second-order valence-corrected chi connectivity index (χ2v) is 2.47. The van der Waals surface area contributed by atoms with Crippen LogP contribution in [0.2, 0.25) is 0 Å². The molecular formula is C9H12N2. The van der Waals surface area contributed by atoms with E-state index in [4.69, 9.17) is 5.73 Å². The molecular weight excluding hydrogens is 136 g/mol. The van der Waals surface area contributed by atoms with Gasteiger partial charge in [-0.05, 0) is 18.6 Å². The van der Waals surface area contributed by atoms with Crippen LogP contribution in [0.5, 0.6) is 0 Å². The number of anilines is 1. The first-order valence-corrected chi connectivity index (χ1v) is 3.47. The Balaban J connectivity index is 2.86. The Morgan fingerprint density at radius 2 is 2.09 bits per heavy atom. The zero-order chi connectivity index (χ0) is 8.27. The van der Waals surface area contributed by atoms with Gasteiger partial charge in [-0.15, -0.1) is 0 Å². The van der Waals surface area contributed by atoms with Crippen LogP contribution in [0, 0.1) is 6.92 Å². The van der Waals surface area contributed by atoms with Crippen molar-refractivity contribution in [3.05, 3.63) is 42.2 Å². The van der Waals surface area contributed by atoms with Gasteiger partial charge in [0.1, 0.15) is 0 Å². The van der Waals surface area contributed by atoms with E-state index in [-0.39, 0.29) is 0 Å². The maximum absolute atomic E-state index is 5.39. The largest absolute Gasteiger partial charge is 0.386 e. The summed E-state index contributed by atoms with van der Waals surface area (Å²) in [5.41, 5.74) is 7.57. The van der Waals surface area contributed by atoms with Gasteiger partial charge in [-0.3, -0.25) is 0 Å². The first-order valence-electron chi connectivity index (χ1n) is 3.47. The summed E-state index contributed by atoms with van der Waals surface area (Å²) >= 11 is 0. The van der Waals surface area contributed by atoms with Crippen molar-refractivity contribution in [1.29, 1.82) is 0 Å². The van der Waals surface area contributed by atoms with Crippen molar-refractivity contribution in [2.45, 2.75) is 6.92 Å². The fourth-order valence-corrected chi connectivity index (χ4v) is 0.886. The van der Waals surface area contributed by atoms with Gasteiger partial charge in [0, 0.05) is 5.69 Å². The van der Waals surface area contributed by atoms with E-state index in [1.807, 2.05) is 31.2 Å². The summed E-state index contributed by atoms with van der Waals surface area (Å²) in [5, 5.41) is 2.96. The number of benzene rings is 1. The molecule has 0 aromatic heterocycles. The van der Waals surface area contributed by atoms with Gasteiger partial charge in [-0.1, -0.05) is 24.8 Å². The summed E-state index contributed by atoms with van der Waals surface area (Å²) < 4.78 is 0. The Morgan fingerprint density at radius 3 is 2.64 bits per heavy atom. The maximum atomic E-state index is 5.39. The van der Waals surface area contributed by atoms with Crippen LogP contribution in [-0.4, -0.2) is 0 Å². The molecule has 0 heterocycles. The van der Waals surface area contributed by atoms with E-state index in [1.54, 1.807) is 0 Å². The summed E-state index contributed by atoms with van der Waals surface area (Å²) in [5.74, 6) is 0.472. The topological polar surface area (TPSA) is 38.0 Å². The van der Waals surface area contributed by atoms with Crippen molar-refractivity contribution in [1.82, 2.24) is 0 Å². The number of para-hydroxylation sites is 1. The van der Waals surface area contributed by atoms with Gasteiger partial charge in [-0.2, -0.15) is 0 Å². The van der Waals surface area contributed by atoms with Gasteiger partial charge < -0.3 is 11.1 Å². The zero-order valence-corrected chi connectivity index (χ0v) is 6.59. The monoisotopic (exact) mass is 148 g/mol. The highest BCUT2D eigenvalue weighted by atomic mass is 15.0. The summed E-state index contributed by atoms with van der Waals surface area (Å²) in [4.78, 5) is 0. The molecule has 0 aliphatic heterocycles. The molecule has 1 aromatic rings. The number of nitrogens with one attached hydrogen (secondary N) is 1. The predicted molar refractivity (Wildman–Crippen MR) is 48.1 cm³/mol. The third-order valence-electron chi connectivity index (χ3n) is 1.44. The predicted octanol–water partition coefficient (Wildman–Crippen LogP) is 1.84. The minimum absolute atomic E-state index is 0.472. The first-order chi connectivity index (χ1) is 5.20. The molecule has 0 amide bonds. The molecule has 0 aliphatic rings. The lowest BCUT2D eigenvalue weighted by Crippen LogP contribution is -2.07. The van der Waals surface area contributed by atoms with Crippen LogP contribution < -0.4 is 11.1 Å². The maximum Gasteiger partial charge on any atom is 0.0930 e. The van der Waals surface area contributed by atoms with Crippen LogP contribution >= 0.6 is 0 Å². The summed E-state index contributed by atoms with van der Waals surface area (Å²) in [7, 11) is 0. The summed E-state index contributed by atoms with van der Waals surface area (Å²) in [6.07, 6.45) is 0. The lowest BCUT2D eigenvalue weighted by molar-refractivity contribution is 1.30. The van der Waals surface area contributed by atoms with Crippen LogP contribution in [0.4, 0.5) is 5.69 Å². The number of hydrogen-bond donors (Lipinski definition) is 2. The zero-order valence-electron chi connectivity index (χ0n) is 6.59. The first kappa shape index (κ1) is 7.66. The Kier molecular flexibility index (Phi) is 2.16. The van der Waals surface area contributed by atoms with Gasteiger partial charge >= 0.3 is 0 Å². The fourth-order valence-electron chi connectivity index (χ4n) is 0.886. The Labute approximate surface area is 66.7 Å². The highest BCUT2D eigenvalue weighted by Gasteiger charge is 1.93. The molecule has 0 unspecified atom stereocenters. The van der Waals surface area contributed by atoms with Gasteiger partial charge in [-0.25, -0.2) is 0 Å². The van der Waals surface area contributed by atoms with E-state index in [0.717, 1.165) is 5.69 Å². The second kappa shape index (κ2) is 3.10. The highest BCUT2D eigenvalue weighted by Crippen LogP contribution is 2.13. The third-order valence-corrected chi connectivity index (χ3v) is 1.44. The van der Waals surface area contributed by atoms with E-state index in [0.29, 0.717) is 5.82 Å². The van der Waals surface area contributed by atoms with Gasteiger partial charge in [0.05, 0.1) is 5.82 Å². The lowest BCUT2D eigenvalue weighted by atomic mass is 10.2. The van der Waals surface area contributed by atoms with E-state index in [2.05, 4.69) is 11.9 Å². The molecule has 0 saturated heterocycles. The molecule has 0 bridgehead atoms. The van der Waals surface area contributed by atoms with Crippen LogP contribution in [0.25, 0.3) is 0 Å². The third kappa shape index (κ3) is 2.00. The smallest absolute Gasteiger partial charge is 0.0930 e. The van der Waals surface area contributed by atoms with Crippen molar-refractivity contribution >= 4 is 5.69 Å². The second-order valence-electron chi connectivity index (χ2n) is 2.47. The summed E-state index contributed by atoms with van der Waals surface area (Å²) in [6.45, 7) is 5.58. The molecule has 58 valence electrons. The van der Waals surface area contributed by atoms with Crippen LogP contribution in [0.15, 0.2) is 36.7 Å². The van der Waals surface area contributed by atoms with E-state index in [1.165, 1.54) is 5.56 Å². The molecule has 1 rings (SSSR count). The van der Waals surface area contributed by atoms with Crippen molar-refractivity contribution in [3.8, 4) is 0 Å². The van der Waals surface area contributed by atoms with Crippen LogP contribution in [-0.2, 0) is 0 Å². The van der Waals surface area contributed by atoms with Gasteiger partial charge in [0.2, 0.25) is 0 Å². The molecule has 11 heavy (non-hydrogen) atoms. The van der Waals surface area contributed by atoms with E-state index in [9.17, 15) is 0 Å². The number of rotatable bonds is 2. The van der Waals surface area contributed by atoms with Crippen molar-refractivity contribution in [2.24, 2.45) is 5.73 Å². The average Bonchev–Trinajstić information content (AvgIpc) is 1.93. The molecule has 1 aromatic carbocycles. The molecule has 0 fully saturated rings. The van der Waals surface area contributed by atoms with Gasteiger partial charge in [0.15, 0.2) is 0 Å². The number of aryl methyl sites for hydroxylation is 1. The molecule has 0 radical (unpaired) electrons. The highest BCUT2D eigenvalue weighted by molar-refractivity contribution is 5.53. The van der Waals surface area contributed by atoms with Crippen molar-refractivity contribution in [2.75, 3.05) is 5.32 Å². The molecule has 3 N–H and O–H groups in total. The summed E-state index contributed by atoms with van der Waals surface area (Å²) in [6, 6.07) is 7.93. The Morgan fingerprint density at radius 1 is 1.45 bits per heavy atom. The molecule has 2 heteroatoms. The van der Waals surface area contributed by atoms with Crippen LogP contribution in [0.3, 0.4) is 0 Å². The molecule has 2 nitrogen and oxygen atoms in total.